The van der Waals surface area contributed by atoms with E-state index in [-0.39, 0.29) is 6.04 Å². The van der Waals surface area contributed by atoms with Gasteiger partial charge in [0.25, 0.3) is 0 Å². The van der Waals surface area contributed by atoms with Crippen molar-refractivity contribution in [3.8, 4) is 16.9 Å². The number of methoxy groups -OCH3 is 1. The van der Waals surface area contributed by atoms with Gasteiger partial charge in [-0.2, -0.15) is 0 Å². The number of rotatable bonds is 10. The lowest BCUT2D eigenvalue weighted by atomic mass is 9.82. The molecule has 1 heterocycles. The molecule has 0 amide bonds. The minimum Gasteiger partial charge on any atom is -0.497 e. The molecule has 2 aromatic rings. The Bertz CT molecular complexity index is 779. The first kappa shape index (κ1) is 22.8. The molecule has 0 saturated carbocycles. The summed E-state index contributed by atoms with van der Waals surface area (Å²) >= 11 is 0. The third-order valence-electron chi connectivity index (χ3n) is 6.28. The summed E-state index contributed by atoms with van der Waals surface area (Å²) in [5.74, 6) is 1.44. The van der Waals surface area contributed by atoms with Gasteiger partial charge in [0.05, 0.1) is 7.11 Å². The fraction of sp³-hybridized carbons (Fsp3) is 0.500. The molecule has 1 fully saturated rings. The van der Waals surface area contributed by atoms with Crippen LogP contribution in [0.2, 0.25) is 6.32 Å². The maximum absolute atomic E-state index is 8.95. The van der Waals surface area contributed by atoms with Crippen LogP contribution in [0.5, 0.6) is 5.75 Å². The molecule has 162 valence electrons. The first-order valence-electron chi connectivity index (χ1n) is 11.1. The summed E-state index contributed by atoms with van der Waals surface area (Å²) in [6.07, 6.45) is 5.46. The lowest BCUT2D eigenvalue weighted by Gasteiger charge is -2.35. The highest BCUT2D eigenvalue weighted by atomic mass is 16.5. The van der Waals surface area contributed by atoms with E-state index in [2.05, 4.69) is 41.3 Å². The Morgan fingerprint density at radius 3 is 2.60 bits per heavy atom. The van der Waals surface area contributed by atoms with Crippen molar-refractivity contribution in [2.24, 2.45) is 11.7 Å². The van der Waals surface area contributed by atoms with E-state index in [4.69, 9.17) is 20.5 Å². The van der Waals surface area contributed by atoms with Crippen LogP contribution in [0, 0.1) is 5.92 Å². The van der Waals surface area contributed by atoms with Crippen molar-refractivity contribution in [2.45, 2.75) is 51.0 Å². The normalized spacial score (nSPS) is 16.4. The van der Waals surface area contributed by atoms with E-state index >= 15 is 0 Å². The van der Waals surface area contributed by atoms with Gasteiger partial charge in [-0.15, -0.1) is 0 Å². The van der Waals surface area contributed by atoms with Gasteiger partial charge in [-0.05, 0) is 73.4 Å². The molecule has 1 saturated heterocycles. The third kappa shape index (κ3) is 6.57. The number of nitrogens with two attached hydrogens (primary N) is 1. The van der Waals surface area contributed by atoms with Gasteiger partial charge in [0.1, 0.15) is 5.75 Å². The lowest BCUT2D eigenvalue weighted by Crippen LogP contribution is -2.40. The van der Waals surface area contributed by atoms with E-state index in [1.807, 2.05) is 12.1 Å². The molecule has 1 aliphatic heterocycles. The van der Waals surface area contributed by atoms with Gasteiger partial charge in [0.2, 0.25) is 0 Å². The van der Waals surface area contributed by atoms with E-state index in [1.54, 1.807) is 7.11 Å². The molecule has 3 rings (SSSR count). The van der Waals surface area contributed by atoms with E-state index < -0.39 is 7.12 Å². The molecule has 4 N–H and O–H groups in total. The first-order chi connectivity index (χ1) is 14.6. The van der Waals surface area contributed by atoms with Crippen LogP contribution in [0.4, 0.5) is 0 Å². The highest BCUT2D eigenvalue weighted by Crippen LogP contribution is 2.29. The van der Waals surface area contributed by atoms with Crippen molar-refractivity contribution in [1.29, 1.82) is 0 Å². The Labute approximate surface area is 181 Å². The van der Waals surface area contributed by atoms with Crippen LogP contribution >= 0.6 is 0 Å². The summed E-state index contributed by atoms with van der Waals surface area (Å²) in [5.41, 5.74) is 10.2. The topological polar surface area (TPSA) is 79.0 Å². The Morgan fingerprint density at radius 2 is 1.87 bits per heavy atom. The zero-order valence-electron chi connectivity index (χ0n) is 18.0. The summed E-state index contributed by atoms with van der Waals surface area (Å²) in [7, 11) is 0.514. The van der Waals surface area contributed by atoms with Crippen molar-refractivity contribution in [3.63, 3.8) is 0 Å². The second-order valence-corrected chi connectivity index (χ2v) is 8.43. The Kier molecular flexibility index (Phi) is 8.76. The fourth-order valence-electron chi connectivity index (χ4n) is 4.45. The molecule has 30 heavy (non-hydrogen) atoms. The molecular weight excluding hydrogens is 375 g/mol. The summed E-state index contributed by atoms with van der Waals surface area (Å²) in [5, 5.41) is 17.9. The van der Waals surface area contributed by atoms with Crippen molar-refractivity contribution in [2.75, 3.05) is 20.2 Å². The zero-order valence-corrected chi connectivity index (χ0v) is 18.0. The highest BCUT2D eigenvalue weighted by molar-refractivity contribution is 6.40. The summed E-state index contributed by atoms with van der Waals surface area (Å²) in [6, 6.07) is 17.1. The average molecular weight is 410 g/mol. The first-order valence-corrected chi connectivity index (χ1v) is 11.1. The number of ether oxygens (including phenoxy) is 1. The Balaban J connectivity index is 1.53. The number of likely N-dealkylation sites (tertiary alicyclic amines) is 1. The molecule has 1 aliphatic rings. The van der Waals surface area contributed by atoms with E-state index in [0.717, 1.165) is 57.5 Å². The predicted octanol–water partition coefficient (Wildman–Crippen LogP) is 3.54. The van der Waals surface area contributed by atoms with Crippen molar-refractivity contribution >= 4 is 7.12 Å². The van der Waals surface area contributed by atoms with E-state index in [9.17, 15) is 0 Å². The molecule has 1 unspecified atom stereocenters. The SMILES string of the molecule is COc1cccc(-c2ccccc2CN2CCC(C(N)CCCCB(O)O)CC2)c1. The van der Waals surface area contributed by atoms with Crippen LogP contribution in [0.15, 0.2) is 48.5 Å². The van der Waals surface area contributed by atoms with Gasteiger partial charge in [0, 0.05) is 12.6 Å². The molecule has 0 radical (unpaired) electrons. The largest absolute Gasteiger partial charge is 0.497 e. The average Bonchev–Trinajstić information content (AvgIpc) is 2.77. The molecule has 1 atom stereocenters. The Morgan fingerprint density at radius 1 is 1.10 bits per heavy atom. The lowest BCUT2D eigenvalue weighted by molar-refractivity contribution is 0.159. The van der Waals surface area contributed by atoms with Crippen LogP contribution in [0.1, 0.15) is 37.7 Å². The molecular formula is C24H35BN2O3. The minimum atomic E-state index is -1.19. The van der Waals surface area contributed by atoms with Crippen LogP contribution in [0.3, 0.4) is 0 Å². The van der Waals surface area contributed by atoms with Gasteiger partial charge in [-0.25, -0.2) is 0 Å². The smallest absolute Gasteiger partial charge is 0.451 e. The van der Waals surface area contributed by atoms with Crippen molar-refractivity contribution in [3.05, 3.63) is 54.1 Å². The van der Waals surface area contributed by atoms with E-state index in [1.165, 1.54) is 16.7 Å². The molecule has 6 heteroatoms. The van der Waals surface area contributed by atoms with Crippen LogP contribution in [0.25, 0.3) is 11.1 Å². The molecule has 0 aliphatic carbocycles. The number of piperidine rings is 1. The van der Waals surface area contributed by atoms with Gasteiger partial charge in [0.15, 0.2) is 0 Å². The molecule has 0 spiro atoms. The Hall–Kier alpha value is -1.86. The van der Waals surface area contributed by atoms with Gasteiger partial charge >= 0.3 is 7.12 Å². The van der Waals surface area contributed by atoms with Crippen LogP contribution in [-0.2, 0) is 6.54 Å². The quantitative estimate of drug-likeness (QED) is 0.413. The number of nitrogens with zero attached hydrogens (tertiary/aromatic N) is 1. The van der Waals surface area contributed by atoms with Crippen LogP contribution < -0.4 is 10.5 Å². The number of unbranched alkanes of at least 4 members (excludes halogenated alkanes) is 1. The van der Waals surface area contributed by atoms with Crippen LogP contribution in [-0.4, -0.2) is 48.3 Å². The maximum atomic E-state index is 8.95. The fourth-order valence-corrected chi connectivity index (χ4v) is 4.45. The maximum Gasteiger partial charge on any atom is 0.451 e. The van der Waals surface area contributed by atoms with Crippen molar-refractivity contribution < 1.29 is 14.8 Å². The zero-order chi connectivity index (χ0) is 21.3. The number of benzene rings is 2. The standard InChI is InChI=1S/C24H35BN2O3/c1-30-22-9-6-8-20(17-22)23-10-3-2-7-21(23)18-27-15-12-19(13-16-27)24(26)11-4-5-14-25(28)29/h2-3,6-10,17,19,24,28-29H,4-5,11-16,18,26H2,1H3. The second kappa shape index (κ2) is 11.5. The van der Waals surface area contributed by atoms with Gasteiger partial charge < -0.3 is 20.5 Å². The van der Waals surface area contributed by atoms with Gasteiger partial charge in [-0.1, -0.05) is 49.2 Å². The minimum absolute atomic E-state index is 0.215. The summed E-state index contributed by atoms with van der Waals surface area (Å²) in [4.78, 5) is 2.53. The second-order valence-electron chi connectivity index (χ2n) is 8.43. The monoisotopic (exact) mass is 410 g/mol. The van der Waals surface area contributed by atoms with Crippen molar-refractivity contribution in [1.82, 2.24) is 4.90 Å². The third-order valence-corrected chi connectivity index (χ3v) is 6.28. The number of hydrogen-bond acceptors (Lipinski definition) is 5. The van der Waals surface area contributed by atoms with E-state index in [0.29, 0.717) is 12.2 Å². The molecule has 0 aromatic heterocycles. The molecule has 0 bridgehead atoms. The summed E-state index contributed by atoms with van der Waals surface area (Å²) in [6.45, 7) is 3.09. The van der Waals surface area contributed by atoms with Gasteiger partial charge in [-0.3, -0.25) is 4.90 Å². The molecule has 2 aromatic carbocycles. The number of hydrogen-bond donors (Lipinski definition) is 3. The highest BCUT2D eigenvalue weighted by Gasteiger charge is 2.24. The molecule has 5 nitrogen and oxygen atoms in total. The summed E-state index contributed by atoms with van der Waals surface area (Å²) < 4.78 is 5.40. The predicted molar refractivity (Wildman–Crippen MR) is 123 cm³/mol.